The van der Waals surface area contributed by atoms with Crippen LogP contribution in [0.3, 0.4) is 0 Å². The Morgan fingerprint density at radius 3 is 2.78 bits per heavy atom. The summed E-state index contributed by atoms with van der Waals surface area (Å²) in [7, 11) is 0. The van der Waals surface area contributed by atoms with Crippen molar-refractivity contribution < 1.29 is 0 Å². The van der Waals surface area contributed by atoms with E-state index in [1.807, 2.05) is 18.5 Å². The second-order valence-electron chi connectivity index (χ2n) is 4.89. The Kier molecular flexibility index (Phi) is 3.26. The van der Waals surface area contributed by atoms with Crippen LogP contribution >= 0.6 is 0 Å². The van der Waals surface area contributed by atoms with Crippen LogP contribution in [-0.4, -0.2) is 17.6 Å². The number of nitrogens with zero attached hydrogens (tertiary/aromatic N) is 2. The van der Waals surface area contributed by atoms with E-state index < -0.39 is 0 Å². The molecule has 0 saturated carbocycles. The number of rotatable bonds is 3. The monoisotopic (exact) mass is 238 g/mol. The summed E-state index contributed by atoms with van der Waals surface area (Å²) in [5.74, 6) is 0. The van der Waals surface area contributed by atoms with Gasteiger partial charge in [0.15, 0.2) is 0 Å². The molecule has 2 aromatic rings. The third-order valence-corrected chi connectivity index (χ3v) is 3.66. The summed E-state index contributed by atoms with van der Waals surface area (Å²) in [6.45, 7) is 1.18. The lowest BCUT2D eigenvalue weighted by atomic mass is 10.1. The quantitative estimate of drug-likeness (QED) is 0.815. The van der Waals surface area contributed by atoms with Crippen LogP contribution in [0.25, 0.3) is 0 Å². The minimum atomic E-state index is 0.622. The number of anilines is 1. The van der Waals surface area contributed by atoms with Crippen molar-refractivity contribution in [1.82, 2.24) is 4.98 Å². The zero-order chi connectivity index (χ0) is 12.2. The Hall–Kier alpha value is -1.83. The van der Waals surface area contributed by atoms with E-state index in [1.165, 1.54) is 30.6 Å². The highest BCUT2D eigenvalue weighted by Gasteiger charge is 2.24. The third kappa shape index (κ3) is 2.37. The fraction of sp³-hybridized carbons (Fsp3) is 0.312. The molecule has 2 heterocycles. The number of pyridine rings is 1. The van der Waals surface area contributed by atoms with Crippen LogP contribution in [0.2, 0.25) is 0 Å². The molecule has 1 aliphatic heterocycles. The summed E-state index contributed by atoms with van der Waals surface area (Å²) >= 11 is 0. The van der Waals surface area contributed by atoms with Crippen molar-refractivity contribution >= 4 is 5.69 Å². The standard InChI is InChI=1S/C16H18N2/c1-2-7-15(8-3-1)18-11-5-9-16(18)12-14-6-4-10-17-13-14/h1-4,6-8,10,13,16H,5,9,11-12H2/t16-/m1/s1. The Balaban J connectivity index is 1.76. The molecular formula is C16H18N2. The van der Waals surface area contributed by atoms with Crippen molar-refractivity contribution in [3.63, 3.8) is 0 Å². The summed E-state index contributed by atoms with van der Waals surface area (Å²) < 4.78 is 0. The van der Waals surface area contributed by atoms with E-state index in [-0.39, 0.29) is 0 Å². The van der Waals surface area contributed by atoms with Gasteiger partial charge in [-0.2, -0.15) is 0 Å². The molecule has 0 N–H and O–H groups in total. The Bertz CT molecular complexity index is 481. The first-order chi connectivity index (χ1) is 8.93. The fourth-order valence-electron chi connectivity index (χ4n) is 2.80. The van der Waals surface area contributed by atoms with Crippen LogP contribution in [0, 0.1) is 0 Å². The van der Waals surface area contributed by atoms with Crippen molar-refractivity contribution in [3.05, 3.63) is 60.4 Å². The molecule has 0 aliphatic carbocycles. The maximum Gasteiger partial charge on any atom is 0.0368 e. The first-order valence-electron chi connectivity index (χ1n) is 6.64. The van der Waals surface area contributed by atoms with Gasteiger partial charge < -0.3 is 4.90 Å². The van der Waals surface area contributed by atoms with Gasteiger partial charge in [0.2, 0.25) is 0 Å². The molecule has 1 saturated heterocycles. The number of hydrogen-bond donors (Lipinski definition) is 0. The number of benzene rings is 1. The predicted octanol–water partition coefficient (Wildman–Crippen LogP) is 3.29. The van der Waals surface area contributed by atoms with Gasteiger partial charge in [0.05, 0.1) is 0 Å². The van der Waals surface area contributed by atoms with Gasteiger partial charge >= 0.3 is 0 Å². The second kappa shape index (κ2) is 5.21. The molecule has 0 unspecified atom stereocenters. The van der Waals surface area contributed by atoms with Crippen LogP contribution in [0.1, 0.15) is 18.4 Å². The minimum absolute atomic E-state index is 0.622. The van der Waals surface area contributed by atoms with E-state index in [0.717, 1.165) is 6.42 Å². The molecule has 0 amide bonds. The lowest BCUT2D eigenvalue weighted by Crippen LogP contribution is -2.30. The molecule has 1 atom stereocenters. The molecule has 0 radical (unpaired) electrons. The van der Waals surface area contributed by atoms with E-state index in [2.05, 4.69) is 46.3 Å². The van der Waals surface area contributed by atoms with Crippen molar-refractivity contribution in [2.45, 2.75) is 25.3 Å². The van der Waals surface area contributed by atoms with Crippen molar-refractivity contribution in [1.29, 1.82) is 0 Å². The fourth-order valence-corrected chi connectivity index (χ4v) is 2.80. The molecule has 1 fully saturated rings. The highest BCUT2D eigenvalue weighted by Crippen LogP contribution is 2.27. The first-order valence-corrected chi connectivity index (χ1v) is 6.64. The highest BCUT2D eigenvalue weighted by molar-refractivity contribution is 5.48. The van der Waals surface area contributed by atoms with Crippen LogP contribution in [0.15, 0.2) is 54.9 Å². The Morgan fingerprint density at radius 1 is 1.11 bits per heavy atom. The van der Waals surface area contributed by atoms with Gasteiger partial charge in [-0.15, -0.1) is 0 Å². The molecule has 0 spiro atoms. The van der Waals surface area contributed by atoms with Crippen LogP contribution in [0.4, 0.5) is 5.69 Å². The van der Waals surface area contributed by atoms with Gasteiger partial charge in [0, 0.05) is 30.7 Å². The van der Waals surface area contributed by atoms with E-state index in [9.17, 15) is 0 Å². The van der Waals surface area contributed by atoms with E-state index in [4.69, 9.17) is 0 Å². The first kappa shape index (κ1) is 11.3. The average molecular weight is 238 g/mol. The predicted molar refractivity (Wildman–Crippen MR) is 74.8 cm³/mol. The zero-order valence-electron chi connectivity index (χ0n) is 10.5. The summed E-state index contributed by atoms with van der Waals surface area (Å²) in [6, 6.07) is 15.6. The number of aromatic nitrogens is 1. The molecule has 2 heteroatoms. The lowest BCUT2D eigenvalue weighted by molar-refractivity contribution is 0.662. The summed E-state index contributed by atoms with van der Waals surface area (Å²) in [5.41, 5.74) is 2.69. The summed E-state index contributed by atoms with van der Waals surface area (Å²) in [4.78, 5) is 6.74. The van der Waals surface area contributed by atoms with Gasteiger partial charge in [-0.05, 0) is 43.0 Å². The lowest BCUT2D eigenvalue weighted by Gasteiger charge is -2.26. The molecular weight excluding hydrogens is 220 g/mol. The molecule has 0 bridgehead atoms. The smallest absolute Gasteiger partial charge is 0.0368 e. The summed E-state index contributed by atoms with van der Waals surface area (Å²) in [6.07, 6.45) is 7.50. The molecule has 18 heavy (non-hydrogen) atoms. The van der Waals surface area contributed by atoms with Crippen molar-refractivity contribution in [3.8, 4) is 0 Å². The van der Waals surface area contributed by atoms with E-state index >= 15 is 0 Å². The maximum absolute atomic E-state index is 4.21. The highest BCUT2D eigenvalue weighted by atomic mass is 15.2. The Labute approximate surface area is 108 Å². The molecule has 3 rings (SSSR count). The normalized spacial score (nSPS) is 19.1. The molecule has 2 nitrogen and oxygen atoms in total. The second-order valence-corrected chi connectivity index (χ2v) is 4.89. The number of hydrogen-bond acceptors (Lipinski definition) is 2. The van der Waals surface area contributed by atoms with Gasteiger partial charge in [-0.3, -0.25) is 4.98 Å². The SMILES string of the molecule is c1ccc(N2CCC[C@@H]2Cc2cccnc2)cc1. The summed E-state index contributed by atoms with van der Waals surface area (Å²) in [5, 5.41) is 0. The largest absolute Gasteiger partial charge is 0.368 e. The zero-order valence-corrected chi connectivity index (χ0v) is 10.5. The van der Waals surface area contributed by atoms with Crippen LogP contribution in [-0.2, 0) is 6.42 Å². The molecule has 1 aromatic heterocycles. The van der Waals surface area contributed by atoms with E-state index in [0.29, 0.717) is 6.04 Å². The van der Waals surface area contributed by atoms with Gasteiger partial charge in [0.1, 0.15) is 0 Å². The van der Waals surface area contributed by atoms with Crippen LogP contribution in [0.5, 0.6) is 0 Å². The average Bonchev–Trinajstić information content (AvgIpc) is 2.89. The van der Waals surface area contributed by atoms with Gasteiger partial charge in [-0.1, -0.05) is 24.3 Å². The van der Waals surface area contributed by atoms with Crippen LogP contribution < -0.4 is 4.90 Å². The number of para-hydroxylation sites is 1. The van der Waals surface area contributed by atoms with Gasteiger partial charge in [-0.25, -0.2) is 0 Å². The minimum Gasteiger partial charge on any atom is -0.368 e. The van der Waals surface area contributed by atoms with Crippen molar-refractivity contribution in [2.24, 2.45) is 0 Å². The molecule has 1 aromatic carbocycles. The topological polar surface area (TPSA) is 16.1 Å². The Morgan fingerprint density at radius 2 is 2.00 bits per heavy atom. The molecule has 92 valence electrons. The van der Waals surface area contributed by atoms with Crippen molar-refractivity contribution in [2.75, 3.05) is 11.4 Å². The molecule has 1 aliphatic rings. The maximum atomic E-state index is 4.21. The third-order valence-electron chi connectivity index (χ3n) is 3.66. The van der Waals surface area contributed by atoms with Gasteiger partial charge in [0.25, 0.3) is 0 Å². The van der Waals surface area contributed by atoms with E-state index in [1.54, 1.807) is 0 Å².